The Morgan fingerprint density at radius 1 is 1.80 bits per heavy atom. The molecule has 1 aliphatic rings. The van der Waals surface area contributed by atoms with Crippen molar-refractivity contribution in [3.8, 4) is 6.07 Å². The lowest BCUT2D eigenvalue weighted by atomic mass is 9.97. The van der Waals surface area contributed by atoms with E-state index in [1.54, 1.807) is 0 Å². The largest absolute Gasteiger partial charge is 0.411 e. The number of alkyl halides is 1. The molecule has 0 saturated heterocycles. The Morgan fingerprint density at radius 2 is 2.40 bits per heavy atom. The number of hydrogen-bond donors (Lipinski definition) is 2. The molecule has 5 nitrogen and oxygen atoms in total. The van der Waals surface area contributed by atoms with Gasteiger partial charge in [0.15, 0.2) is 5.83 Å². The Kier molecular flexibility index (Phi) is 3.07. The van der Waals surface area contributed by atoms with Gasteiger partial charge in [-0.15, -0.1) is 11.6 Å². The Hall–Kier alpha value is -1.87. The number of Topliss-reactive ketones (excluding diaryl/α,β-unsaturated/α-hetero) is 1. The molecule has 0 aromatic rings. The number of rotatable bonds is 1. The van der Waals surface area contributed by atoms with Gasteiger partial charge in [-0.25, -0.2) is 4.39 Å². The van der Waals surface area contributed by atoms with E-state index in [9.17, 15) is 9.18 Å². The summed E-state index contributed by atoms with van der Waals surface area (Å²) < 4.78 is 13.2. The van der Waals surface area contributed by atoms with E-state index in [0.29, 0.717) is 0 Å². The van der Waals surface area contributed by atoms with Crippen molar-refractivity contribution in [2.45, 2.75) is 5.38 Å². The fourth-order valence-electron chi connectivity index (χ4n) is 1.05. The van der Waals surface area contributed by atoms with E-state index < -0.39 is 28.4 Å². The van der Waals surface area contributed by atoms with Crippen molar-refractivity contribution in [3.05, 3.63) is 23.2 Å². The Balaban J connectivity index is 3.30. The van der Waals surface area contributed by atoms with Crippen LogP contribution in [-0.2, 0) is 4.79 Å². The van der Waals surface area contributed by atoms with Crippen molar-refractivity contribution >= 4 is 23.1 Å². The van der Waals surface area contributed by atoms with E-state index >= 15 is 0 Å². The standard InChI is InChI=1S/C8H5ClFN3O2/c9-6-3(5(14)2-11)1-4(12)7(10)8(6)13-15/h1,6,15H,12H2. The molecule has 7 heteroatoms. The SMILES string of the molecule is N#CC(=O)C1=CC(N)=C(F)C(=NO)C1Cl. The molecular weight excluding hydrogens is 225 g/mol. The topological polar surface area (TPSA) is 99.5 Å². The van der Waals surface area contributed by atoms with Crippen LogP contribution >= 0.6 is 11.6 Å². The summed E-state index contributed by atoms with van der Waals surface area (Å²) in [7, 11) is 0. The van der Waals surface area contributed by atoms with E-state index in [-0.39, 0.29) is 5.57 Å². The zero-order chi connectivity index (χ0) is 11.6. The molecule has 0 heterocycles. The van der Waals surface area contributed by atoms with Gasteiger partial charge in [-0.2, -0.15) is 5.26 Å². The highest BCUT2D eigenvalue weighted by Crippen LogP contribution is 2.25. The fourth-order valence-corrected chi connectivity index (χ4v) is 1.35. The first-order chi connectivity index (χ1) is 7.02. The summed E-state index contributed by atoms with van der Waals surface area (Å²) in [6.07, 6.45) is 0.952. The number of nitrogens with two attached hydrogens (primary N) is 1. The molecule has 1 aliphatic carbocycles. The third-order valence-electron chi connectivity index (χ3n) is 1.77. The van der Waals surface area contributed by atoms with E-state index in [4.69, 9.17) is 27.8 Å². The molecule has 0 aromatic heterocycles. The molecule has 0 bridgehead atoms. The second-order valence-corrected chi connectivity index (χ2v) is 3.09. The van der Waals surface area contributed by atoms with E-state index in [2.05, 4.69) is 5.16 Å². The van der Waals surface area contributed by atoms with Gasteiger partial charge in [-0.1, -0.05) is 5.16 Å². The highest BCUT2D eigenvalue weighted by atomic mass is 35.5. The lowest BCUT2D eigenvalue weighted by molar-refractivity contribution is -0.110. The molecule has 1 unspecified atom stereocenters. The van der Waals surface area contributed by atoms with Crippen molar-refractivity contribution in [1.29, 1.82) is 5.26 Å². The first-order valence-corrected chi connectivity index (χ1v) is 4.14. The van der Waals surface area contributed by atoms with Crippen LogP contribution in [0.25, 0.3) is 0 Å². The number of halogens is 2. The second-order valence-electron chi connectivity index (χ2n) is 2.66. The molecule has 15 heavy (non-hydrogen) atoms. The average Bonchev–Trinajstić information content (AvgIpc) is 2.23. The van der Waals surface area contributed by atoms with Crippen LogP contribution in [0, 0.1) is 11.3 Å². The van der Waals surface area contributed by atoms with Gasteiger partial charge in [0.2, 0.25) is 0 Å². The molecule has 1 atom stereocenters. The van der Waals surface area contributed by atoms with Crippen molar-refractivity contribution in [2.75, 3.05) is 0 Å². The average molecular weight is 230 g/mol. The highest BCUT2D eigenvalue weighted by molar-refractivity contribution is 6.41. The van der Waals surface area contributed by atoms with Crippen molar-refractivity contribution in [2.24, 2.45) is 10.9 Å². The molecule has 0 amide bonds. The maximum atomic E-state index is 13.2. The minimum Gasteiger partial charge on any atom is -0.411 e. The third kappa shape index (κ3) is 1.82. The van der Waals surface area contributed by atoms with Crippen LogP contribution < -0.4 is 5.73 Å². The number of nitriles is 1. The van der Waals surface area contributed by atoms with Crippen LogP contribution in [0.2, 0.25) is 0 Å². The smallest absolute Gasteiger partial charge is 0.260 e. The number of oxime groups is 1. The van der Waals surface area contributed by atoms with Gasteiger partial charge in [-0.3, -0.25) is 4.79 Å². The second kappa shape index (κ2) is 4.11. The highest BCUT2D eigenvalue weighted by Gasteiger charge is 2.32. The molecule has 3 N–H and O–H groups in total. The molecule has 0 aromatic carbocycles. The Bertz CT molecular complexity index is 447. The number of carbonyl (C=O) groups excluding carboxylic acids is 1. The summed E-state index contributed by atoms with van der Waals surface area (Å²) in [5, 5.41) is 18.1. The molecule has 0 spiro atoms. The maximum absolute atomic E-state index is 13.2. The van der Waals surface area contributed by atoms with Crippen molar-refractivity contribution in [3.63, 3.8) is 0 Å². The van der Waals surface area contributed by atoms with Gasteiger partial charge >= 0.3 is 0 Å². The van der Waals surface area contributed by atoms with Gasteiger partial charge in [-0.05, 0) is 6.08 Å². The molecule has 1 rings (SSSR count). The Morgan fingerprint density at radius 3 is 2.87 bits per heavy atom. The van der Waals surface area contributed by atoms with Gasteiger partial charge in [0, 0.05) is 5.57 Å². The molecule has 0 aliphatic heterocycles. The molecule has 0 fully saturated rings. The summed E-state index contributed by atoms with van der Waals surface area (Å²) in [4.78, 5) is 11.0. The lowest BCUT2D eigenvalue weighted by Crippen LogP contribution is -2.28. The minimum atomic E-state index is -1.31. The summed E-state index contributed by atoms with van der Waals surface area (Å²) in [6, 6.07) is 1.32. The minimum absolute atomic E-state index is 0.217. The predicted octanol–water partition coefficient (Wildman–Crippen LogP) is 0.596. The van der Waals surface area contributed by atoms with Crippen molar-refractivity contribution in [1.82, 2.24) is 0 Å². The molecule has 0 saturated carbocycles. The monoisotopic (exact) mass is 229 g/mol. The Labute approximate surface area is 88.9 Å². The number of allylic oxidation sites excluding steroid dienone is 3. The number of ketones is 1. The van der Waals surface area contributed by atoms with Gasteiger partial charge in [0.25, 0.3) is 5.78 Å². The third-order valence-corrected chi connectivity index (χ3v) is 2.22. The van der Waals surface area contributed by atoms with Crippen LogP contribution in [0.1, 0.15) is 0 Å². The van der Waals surface area contributed by atoms with Crippen LogP contribution in [0.4, 0.5) is 4.39 Å². The van der Waals surface area contributed by atoms with Crippen LogP contribution in [-0.4, -0.2) is 22.1 Å². The number of nitrogens with zero attached hydrogens (tertiary/aromatic N) is 2. The van der Waals surface area contributed by atoms with Crippen LogP contribution in [0.3, 0.4) is 0 Å². The first-order valence-electron chi connectivity index (χ1n) is 3.70. The van der Waals surface area contributed by atoms with E-state index in [0.717, 1.165) is 6.08 Å². The zero-order valence-corrected chi connectivity index (χ0v) is 7.99. The fraction of sp³-hybridized carbons (Fsp3) is 0.125. The maximum Gasteiger partial charge on any atom is 0.260 e. The molecular formula is C8H5ClFN3O2. The van der Waals surface area contributed by atoms with Gasteiger partial charge < -0.3 is 10.9 Å². The van der Waals surface area contributed by atoms with Crippen LogP contribution in [0.5, 0.6) is 0 Å². The van der Waals surface area contributed by atoms with Gasteiger partial charge in [0.1, 0.15) is 17.2 Å². The summed E-state index contributed by atoms with van der Waals surface area (Å²) in [5.41, 5.74) is 4.01. The molecule has 78 valence electrons. The van der Waals surface area contributed by atoms with E-state index in [1.165, 1.54) is 6.07 Å². The first kappa shape index (κ1) is 11.2. The zero-order valence-electron chi connectivity index (χ0n) is 7.24. The summed E-state index contributed by atoms with van der Waals surface area (Å²) in [6.45, 7) is 0. The molecule has 0 radical (unpaired) electrons. The summed E-state index contributed by atoms with van der Waals surface area (Å²) >= 11 is 5.62. The van der Waals surface area contributed by atoms with Crippen LogP contribution in [0.15, 0.2) is 28.3 Å². The quantitative estimate of drug-likeness (QED) is 0.298. The predicted molar refractivity (Wildman–Crippen MR) is 49.9 cm³/mol. The summed E-state index contributed by atoms with van der Waals surface area (Å²) in [5.74, 6) is -1.96. The number of hydrogen-bond acceptors (Lipinski definition) is 5. The number of carbonyl (C=O) groups is 1. The normalized spacial score (nSPS) is 23.7. The van der Waals surface area contributed by atoms with Crippen molar-refractivity contribution < 1.29 is 14.4 Å². The lowest BCUT2D eigenvalue weighted by Gasteiger charge is -2.16. The van der Waals surface area contributed by atoms with Gasteiger partial charge in [0.05, 0.1) is 5.70 Å². The van der Waals surface area contributed by atoms with E-state index in [1.807, 2.05) is 0 Å².